The minimum Gasteiger partial charge on any atom is -0.370 e. The number of hydrogen-bond acceptors (Lipinski definition) is 5. The molecular weight excluding hydrogens is 402 g/mol. The van der Waals surface area contributed by atoms with Crippen molar-refractivity contribution in [2.24, 2.45) is 11.3 Å². The molecule has 2 saturated heterocycles. The smallest absolute Gasteiger partial charge is 0.257 e. The van der Waals surface area contributed by atoms with Gasteiger partial charge in [-0.05, 0) is 25.8 Å². The number of carbonyl (C=O) groups is 2. The number of piperidine rings is 1. The SMILES string of the molecule is CC(C)C(=O)N1CCN(C(=O)c2cnc3ccccc3c2N2CCC(C)(C#N)CC2)CC1. The highest BCUT2D eigenvalue weighted by Crippen LogP contribution is 2.37. The molecule has 2 aliphatic rings. The third kappa shape index (κ3) is 4.14. The number of piperazine rings is 1. The van der Waals surface area contributed by atoms with Crippen molar-refractivity contribution in [2.75, 3.05) is 44.2 Å². The van der Waals surface area contributed by atoms with Gasteiger partial charge >= 0.3 is 0 Å². The molecule has 0 atom stereocenters. The summed E-state index contributed by atoms with van der Waals surface area (Å²) in [7, 11) is 0. The standard InChI is InChI=1S/C25H31N5O2/c1-18(2)23(31)29-12-14-30(15-13-29)24(32)20-16-27-21-7-5-4-6-19(21)22(20)28-10-8-25(3,17-26)9-11-28/h4-7,16,18H,8-15H2,1-3H3. The second-order valence-electron chi connectivity index (χ2n) is 9.47. The van der Waals surface area contributed by atoms with Crippen molar-refractivity contribution in [1.82, 2.24) is 14.8 Å². The fraction of sp³-hybridized carbons (Fsp3) is 0.520. The van der Waals surface area contributed by atoms with Gasteiger partial charge in [0.2, 0.25) is 5.91 Å². The Morgan fingerprint density at radius 2 is 1.66 bits per heavy atom. The third-order valence-corrected chi connectivity index (χ3v) is 6.80. The zero-order chi connectivity index (χ0) is 22.9. The van der Waals surface area contributed by atoms with E-state index < -0.39 is 0 Å². The maximum Gasteiger partial charge on any atom is 0.257 e. The van der Waals surface area contributed by atoms with Gasteiger partial charge in [-0.1, -0.05) is 32.0 Å². The summed E-state index contributed by atoms with van der Waals surface area (Å²) >= 11 is 0. The van der Waals surface area contributed by atoms with Crippen LogP contribution in [0.1, 0.15) is 44.0 Å². The van der Waals surface area contributed by atoms with E-state index in [1.165, 1.54) is 0 Å². The molecule has 2 aromatic rings. The van der Waals surface area contributed by atoms with Crippen molar-refractivity contribution < 1.29 is 9.59 Å². The molecule has 4 rings (SSSR count). The maximum atomic E-state index is 13.6. The third-order valence-electron chi connectivity index (χ3n) is 6.80. The van der Waals surface area contributed by atoms with Crippen LogP contribution in [-0.4, -0.2) is 65.9 Å². The number of carbonyl (C=O) groups excluding carboxylic acids is 2. The number of rotatable bonds is 3. The molecule has 1 aromatic heterocycles. The summed E-state index contributed by atoms with van der Waals surface area (Å²) in [6.45, 7) is 9.45. The molecule has 0 spiro atoms. The van der Waals surface area contributed by atoms with Gasteiger partial charge in [-0.25, -0.2) is 0 Å². The number of benzene rings is 1. The van der Waals surface area contributed by atoms with Crippen molar-refractivity contribution in [3.8, 4) is 6.07 Å². The van der Waals surface area contributed by atoms with Gasteiger partial charge < -0.3 is 14.7 Å². The Balaban J connectivity index is 1.62. The first-order valence-electron chi connectivity index (χ1n) is 11.4. The molecule has 32 heavy (non-hydrogen) atoms. The number of hydrogen-bond donors (Lipinski definition) is 0. The molecule has 7 nitrogen and oxygen atoms in total. The van der Waals surface area contributed by atoms with Gasteiger partial charge in [0.05, 0.1) is 28.3 Å². The molecule has 0 bridgehead atoms. The molecular formula is C25H31N5O2. The van der Waals surface area contributed by atoms with Crippen LogP contribution >= 0.6 is 0 Å². The first-order chi connectivity index (χ1) is 15.3. The molecule has 0 N–H and O–H groups in total. The van der Waals surface area contributed by atoms with Crippen molar-refractivity contribution in [1.29, 1.82) is 5.26 Å². The highest BCUT2D eigenvalue weighted by molar-refractivity contribution is 6.07. The Morgan fingerprint density at radius 1 is 1.03 bits per heavy atom. The fourth-order valence-electron chi connectivity index (χ4n) is 4.63. The Hall–Kier alpha value is -3.14. The van der Waals surface area contributed by atoms with Gasteiger partial charge in [0, 0.05) is 56.8 Å². The molecule has 0 saturated carbocycles. The van der Waals surface area contributed by atoms with E-state index in [-0.39, 0.29) is 23.1 Å². The predicted octanol–water partition coefficient (Wildman–Crippen LogP) is 3.31. The molecule has 2 aliphatic heterocycles. The Labute approximate surface area is 189 Å². The minimum absolute atomic E-state index is 0.0354. The molecule has 7 heteroatoms. The molecule has 0 aliphatic carbocycles. The van der Waals surface area contributed by atoms with Crippen molar-refractivity contribution in [3.63, 3.8) is 0 Å². The Kier molecular flexibility index (Phi) is 6.05. The molecule has 2 fully saturated rings. The van der Waals surface area contributed by atoms with Gasteiger partial charge in [0.15, 0.2) is 0 Å². The summed E-state index contributed by atoms with van der Waals surface area (Å²) in [5, 5.41) is 10.5. The maximum absolute atomic E-state index is 13.6. The summed E-state index contributed by atoms with van der Waals surface area (Å²) in [5.41, 5.74) is 2.07. The molecule has 168 valence electrons. The van der Waals surface area contributed by atoms with Crippen LogP contribution < -0.4 is 4.90 Å². The zero-order valence-electron chi connectivity index (χ0n) is 19.2. The highest BCUT2D eigenvalue weighted by Gasteiger charge is 2.33. The second-order valence-corrected chi connectivity index (χ2v) is 9.47. The molecule has 1 aromatic carbocycles. The van der Waals surface area contributed by atoms with Crippen LogP contribution in [0.25, 0.3) is 10.9 Å². The summed E-state index contributed by atoms with van der Waals surface area (Å²) in [6.07, 6.45) is 3.23. The van der Waals surface area contributed by atoms with Crippen LogP contribution in [-0.2, 0) is 4.79 Å². The zero-order valence-corrected chi connectivity index (χ0v) is 19.2. The van der Waals surface area contributed by atoms with Gasteiger partial charge in [-0.15, -0.1) is 0 Å². The van der Waals surface area contributed by atoms with E-state index in [2.05, 4.69) is 16.0 Å². The fourth-order valence-corrected chi connectivity index (χ4v) is 4.63. The summed E-state index contributed by atoms with van der Waals surface area (Å²) in [5.74, 6) is 0.0641. The number of amides is 2. The van der Waals surface area contributed by atoms with Gasteiger partial charge in [-0.3, -0.25) is 14.6 Å². The van der Waals surface area contributed by atoms with Crippen molar-refractivity contribution >= 4 is 28.4 Å². The van der Waals surface area contributed by atoms with E-state index in [1.54, 1.807) is 6.20 Å². The highest BCUT2D eigenvalue weighted by atomic mass is 16.2. The number of para-hydroxylation sites is 1. The lowest BCUT2D eigenvalue weighted by Gasteiger charge is -2.39. The summed E-state index contributed by atoms with van der Waals surface area (Å²) in [4.78, 5) is 36.4. The number of nitriles is 1. The molecule has 0 radical (unpaired) electrons. The Morgan fingerprint density at radius 3 is 2.28 bits per heavy atom. The van der Waals surface area contributed by atoms with E-state index in [0.29, 0.717) is 31.7 Å². The van der Waals surface area contributed by atoms with Crippen molar-refractivity contribution in [3.05, 3.63) is 36.0 Å². The van der Waals surface area contributed by atoms with Crippen LogP contribution in [0.4, 0.5) is 5.69 Å². The van der Waals surface area contributed by atoms with E-state index in [0.717, 1.165) is 42.5 Å². The minimum atomic E-state index is -0.317. The quantitative estimate of drug-likeness (QED) is 0.742. The first kappa shape index (κ1) is 22.1. The number of aromatic nitrogens is 1. The monoisotopic (exact) mass is 433 g/mol. The number of nitrogens with zero attached hydrogens (tertiary/aromatic N) is 5. The number of anilines is 1. The summed E-state index contributed by atoms with van der Waals surface area (Å²) < 4.78 is 0. The molecule has 2 amide bonds. The van der Waals surface area contributed by atoms with Crippen LogP contribution in [0.3, 0.4) is 0 Å². The van der Waals surface area contributed by atoms with Crippen LogP contribution in [0.5, 0.6) is 0 Å². The van der Waals surface area contributed by atoms with Gasteiger partial charge in [-0.2, -0.15) is 5.26 Å². The normalized spacial score (nSPS) is 18.7. The van der Waals surface area contributed by atoms with Crippen LogP contribution in [0.15, 0.2) is 30.5 Å². The van der Waals surface area contributed by atoms with Crippen LogP contribution in [0, 0.1) is 22.7 Å². The topological polar surface area (TPSA) is 80.5 Å². The van der Waals surface area contributed by atoms with E-state index in [9.17, 15) is 14.9 Å². The Bertz CT molecular complexity index is 1060. The lowest BCUT2D eigenvalue weighted by molar-refractivity contribution is -0.135. The van der Waals surface area contributed by atoms with Crippen LogP contribution in [0.2, 0.25) is 0 Å². The number of fused-ring (bicyclic) bond motifs is 1. The average molecular weight is 434 g/mol. The lowest BCUT2D eigenvalue weighted by atomic mass is 9.81. The van der Waals surface area contributed by atoms with E-state index >= 15 is 0 Å². The van der Waals surface area contributed by atoms with Gasteiger partial charge in [0.1, 0.15) is 0 Å². The van der Waals surface area contributed by atoms with Gasteiger partial charge in [0.25, 0.3) is 5.91 Å². The van der Waals surface area contributed by atoms with E-state index in [4.69, 9.17) is 0 Å². The lowest BCUT2D eigenvalue weighted by Crippen LogP contribution is -2.51. The molecule has 3 heterocycles. The predicted molar refractivity (Wildman–Crippen MR) is 124 cm³/mol. The average Bonchev–Trinajstić information content (AvgIpc) is 2.83. The number of pyridine rings is 1. The second kappa shape index (κ2) is 8.78. The molecule has 0 unspecified atom stereocenters. The first-order valence-corrected chi connectivity index (χ1v) is 11.4. The summed E-state index contributed by atoms with van der Waals surface area (Å²) in [6, 6.07) is 10.4. The van der Waals surface area contributed by atoms with Crippen molar-refractivity contribution in [2.45, 2.75) is 33.6 Å². The largest absolute Gasteiger partial charge is 0.370 e. The van der Waals surface area contributed by atoms with E-state index in [1.807, 2.05) is 54.8 Å².